The van der Waals surface area contributed by atoms with Gasteiger partial charge in [-0.15, -0.1) is 0 Å². The number of hydrogen-bond acceptors (Lipinski definition) is 3. The van der Waals surface area contributed by atoms with Crippen molar-refractivity contribution in [2.75, 3.05) is 20.2 Å². The topological polar surface area (TPSA) is 42.4 Å². The van der Waals surface area contributed by atoms with Crippen molar-refractivity contribution in [2.45, 2.75) is 72.6 Å². The summed E-state index contributed by atoms with van der Waals surface area (Å²) >= 11 is 3.52. The van der Waals surface area contributed by atoms with Crippen LogP contribution in [0.25, 0.3) is 0 Å². The van der Waals surface area contributed by atoms with Crippen molar-refractivity contribution in [3.05, 3.63) is 93.3 Å². The van der Waals surface area contributed by atoms with Gasteiger partial charge in [0.2, 0.25) is 5.91 Å². The van der Waals surface area contributed by atoms with Crippen LogP contribution in [0.3, 0.4) is 0 Å². The van der Waals surface area contributed by atoms with Crippen LogP contribution >= 0.6 is 15.9 Å². The largest absolute Gasteiger partial charge is 0.496 e. The van der Waals surface area contributed by atoms with E-state index in [0.29, 0.717) is 6.42 Å². The molecule has 1 atom stereocenters. The highest BCUT2D eigenvalue weighted by atomic mass is 79.9. The highest BCUT2D eigenvalue weighted by Gasteiger charge is 2.25. The summed E-state index contributed by atoms with van der Waals surface area (Å²) in [7, 11) is 1.75. The second kappa shape index (κ2) is 15.6. The van der Waals surface area contributed by atoms with E-state index >= 15 is 0 Å². The molecule has 5 heteroatoms. The lowest BCUT2D eigenvalue weighted by molar-refractivity contribution is -0.130. The summed E-state index contributed by atoms with van der Waals surface area (Å²) < 4.78 is 6.67. The van der Waals surface area contributed by atoms with E-state index in [1.807, 2.05) is 36.2 Å². The SMILES string of the molecule is C=C/C=C(\C=C/C)CC(=O)N(CCC)CCC.COc1cc(C)cc2c1C(C)c1ncc(Br)cc1CC2. The average Bonchev–Trinajstić information content (AvgIpc) is 3.00. The summed E-state index contributed by atoms with van der Waals surface area (Å²) in [5, 5.41) is 0. The molecule has 1 unspecified atom stereocenters. The fourth-order valence-electron chi connectivity index (χ4n) is 4.92. The van der Waals surface area contributed by atoms with Crippen LogP contribution in [-0.4, -0.2) is 36.0 Å². The Morgan fingerprint density at radius 2 is 1.86 bits per heavy atom. The smallest absolute Gasteiger partial charge is 0.226 e. The first-order chi connectivity index (χ1) is 17.8. The van der Waals surface area contributed by atoms with Crippen LogP contribution in [0.15, 0.2) is 65.3 Å². The Morgan fingerprint density at radius 1 is 1.19 bits per heavy atom. The summed E-state index contributed by atoms with van der Waals surface area (Å²) in [5.41, 5.74) is 7.48. The molecular weight excluding hydrogens is 524 g/mol. The third kappa shape index (κ3) is 8.70. The number of aromatic nitrogens is 1. The first kappa shape index (κ1) is 30.6. The highest BCUT2D eigenvalue weighted by Crippen LogP contribution is 2.39. The maximum absolute atomic E-state index is 12.1. The molecule has 2 aromatic rings. The molecule has 0 spiro atoms. The number of hydrogen-bond donors (Lipinski definition) is 0. The van der Waals surface area contributed by atoms with Gasteiger partial charge in [0.15, 0.2) is 0 Å². The lowest BCUT2D eigenvalue weighted by Crippen LogP contribution is -2.32. The lowest BCUT2D eigenvalue weighted by atomic mass is 9.91. The number of amides is 1. The number of aryl methyl sites for hydroxylation is 3. The second-order valence-electron chi connectivity index (χ2n) is 9.49. The third-order valence-corrected chi connectivity index (χ3v) is 6.91. The minimum atomic E-state index is 0.208. The Bertz CT molecular complexity index is 1110. The van der Waals surface area contributed by atoms with Crippen molar-refractivity contribution in [2.24, 2.45) is 0 Å². The molecule has 1 amide bonds. The van der Waals surface area contributed by atoms with E-state index in [4.69, 9.17) is 4.74 Å². The van der Waals surface area contributed by atoms with Gasteiger partial charge in [-0.25, -0.2) is 0 Å². The van der Waals surface area contributed by atoms with Gasteiger partial charge in [-0.3, -0.25) is 9.78 Å². The maximum Gasteiger partial charge on any atom is 0.226 e. The van der Waals surface area contributed by atoms with E-state index in [2.05, 4.69) is 73.4 Å². The van der Waals surface area contributed by atoms with E-state index in [-0.39, 0.29) is 11.8 Å². The first-order valence-corrected chi connectivity index (χ1v) is 14.1. The van der Waals surface area contributed by atoms with Crippen molar-refractivity contribution in [1.82, 2.24) is 9.88 Å². The molecule has 0 saturated carbocycles. The van der Waals surface area contributed by atoms with E-state index in [1.54, 1.807) is 13.2 Å². The summed E-state index contributed by atoms with van der Waals surface area (Å²) in [5.74, 6) is 1.47. The number of allylic oxidation sites excluding steroid dienone is 4. The first-order valence-electron chi connectivity index (χ1n) is 13.3. The van der Waals surface area contributed by atoms with E-state index in [0.717, 1.165) is 54.6 Å². The number of methoxy groups -OCH3 is 1. The number of benzene rings is 1. The van der Waals surface area contributed by atoms with Gasteiger partial charge in [-0.1, -0.05) is 57.7 Å². The fraction of sp³-hybridized carbons (Fsp3) is 0.438. The molecule has 1 aromatic carbocycles. The van der Waals surface area contributed by atoms with E-state index in [1.165, 1.54) is 27.9 Å². The van der Waals surface area contributed by atoms with Crippen molar-refractivity contribution >= 4 is 21.8 Å². The molecule has 37 heavy (non-hydrogen) atoms. The molecule has 0 fully saturated rings. The molecule has 4 nitrogen and oxygen atoms in total. The third-order valence-electron chi connectivity index (χ3n) is 6.47. The van der Waals surface area contributed by atoms with Gasteiger partial charge in [0, 0.05) is 35.2 Å². The lowest BCUT2D eigenvalue weighted by Gasteiger charge is -2.21. The molecule has 1 heterocycles. The van der Waals surface area contributed by atoms with Gasteiger partial charge in [-0.2, -0.15) is 0 Å². The second-order valence-corrected chi connectivity index (χ2v) is 10.4. The molecule has 1 aromatic heterocycles. The molecule has 1 aliphatic rings. The quantitative estimate of drug-likeness (QED) is 0.288. The highest BCUT2D eigenvalue weighted by molar-refractivity contribution is 9.10. The number of rotatable bonds is 9. The van der Waals surface area contributed by atoms with Crippen LogP contribution in [-0.2, 0) is 17.6 Å². The number of halogens is 1. The molecule has 0 radical (unpaired) electrons. The summed E-state index contributed by atoms with van der Waals surface area (Å²) in [6, 6.07) is 6.61. The number of ether oxygens (including phenoxy) is 1. The van der Waals surface area contributed by atoms with Crippen LogP contribution in [0.1, 0.15) is 80.8 Å². The van der Waals surface area contributed by atoms with Crippen LogP contribution < -0.4 is 4.74 Å². The number of fused-ring (bicyclic) bond motifs is 2. The van der Waals surface area contributed by atoms with Crippen molar-refractivity contribution < 1.29 is 9.53 Å². The van der Waals surface area contributed by atoms with Crippen LogP contribution in [0.4, 0.5) is 0 Å². The molecule has 0 saturated heterocycles. The Hall–Kier alpha value is -2.66. The number of carbonyl (C=O) groups excluding carboxylic acids is 1. The molecular formula is C32H43BrN2O2. The van der Waals surface area contributed by atoms with Gasteiger partial charge >= 0.3 is 0 Å². The van der Waals surface area contributed by atoms with Crippen LogP contribution in [0, 0.1) is 6.92 Å². The van der Waals surface area contributed by atoms with Gasteiger partial charge in [0.25, 0.3) is 0 Å². The predicted molar refractivity (Wildman–Crippen MR) is 159 cm³/mol. The van der Waals surface area contributed by atoms with Crippen LogP contribution in [0.2, 0.25) is 0 Å². The average molecular weight is 568 g/mol. The summed E-state index contributed by atoms with van der Waals surface area (Å²) in [6.07, 6.45) is 14.0. The molecule has 200 valence electrons. The normalized spacial score (nSPS) is 14.7. The van der Waals surface area contributed by atoms with Crippen molar-refractivity contribution in [3.63, 3.8) is 0 Å². The van der Waals surface area contributed by atoms with Crippen molar-refractivity contribution in [1.29, 1.82) is 0 Å². The molecule has 0 N–H and O–H groups in total. The van der Waals surface area contributed by atoms with Gasteiger partial charge in [-0.05, 0) is 89.9 Å². The Kier molecular flexibility index (Phi) is 12.9. The van der Waals surface area contributed by atoms with Gasteiger partial charge < -0.3 is 9.64 Å². The molecule has 0 bridgehead atoms. The fourth-order valence-corrected chi connectivity index (χ4v) is 5.30. The zero-order valence-electron chi connectivity index (χ0n) is 23.4. The van der Waals surface area contributed by atoms with E-state index in [9.17, 15) is 4.79 Å². The van der Waals surface area contributed by atoms with Crippen LogP contribution in [0.5, 0.6) is 5.75 Å². The monoisotopic (exact) mass is 566 g/mol. The minimum Gasteiger partial charge on any atom is -0.496 e. The number of pyridine rings is 1. The zero-order chi connectivity index (χ0) is 27.4. The van der Waals surface area contributed by atoms with Gasteiger partial charge in [0.05, 0.1) is 19.2 Å². The van der Waals surface area contributed by atoms with Gasteiger partial charge in [0.1, 0.15) is 5.75 Å². The van der Waals surface area contributed by atoms with E-state index < -0.39 is 0 Å². The zero-order valence-corrected chi connectivity index (χ0v) is 25.0. The number of carbonyl (C=O) groups is 1. The summed E-state index contributed by atoms with van der Waals surface area (Å²) in [4.78, 5) is 18.7. The molecule has 3 rings (SSSR count). The molecule has 0 aliphatic heterocycles. The predicted octanol–water partition coefficient (Wildman–Crippen LogP) is 8.13. The standard InChI is InChI=1S/C17H18BrNO.C15H25NO/c1-10-6-12-4-5-13-8-14(18)9-19-17(13)11(2)16(12)15(7-10)20-3;1-5-9-14(10-6-2)13-15(17)16(11-7-3)12-8-4/h6-9,11H,4-5H2,1-3H3;5-6,9-10H,1,7-8,11-13H2,2-4H3/b;10-6-,14-9+. The maximum atomic E-state index is 12.1. The van der Waals surface area contributed by atoms with Crippen molar-refractivity contribution in [3.8, 4) is 5.75 Å². The number of nitrogens with zero attached hydrogens (tertiary/aromatic N) is 2. The minimum absolute atomic E-state index is 0.208. The Labute approximate surface area is 232 Å². The summed E-state index contributed by atoms with van der Waals surface area (Å²) in [6.45, 7) is 15.9. The molecule has 1 aliphatic carbocycles. The Balaban J connectivity index is 0.000000265. The Morgan fingerprint density at radius 3 is 2.46 bits per heavy atom.